The number of fused-ring (bicyclic) bond motifs is 1. The zero-order valence-corrected chi connectivity index (χ0v) is 20.3. The molecule has 1 atom stereocenters. The van der Waals surface area contributed by atoms with Gasteiger partial charge in [-0.2, -0.15) is 5.10 Å². The van der Waals surface area contributed by atoms with Crippen molar-refractivity contribution >= 4 is 16.7 Å². The van der Waals surface area contributed by atoms with Gasteiger partial charge in [0.2, 0.25) is 5.91 Å². The highest BCUT2D eigenvalue weighted by Gasteiger charge is 2.19. The topological polar surface area (TPSA) is 72.2 Å². The number of aryl methyl sites for hydroxylation is 2. The summed E-state index contributed by atoms with van der Waals surface area (Å²) < 4.78 is 17.3. The number of carbonyl (C=O) groups is 1. The molecule has 0 spiro atoms. The summed E-state index contributed by atoms with van der Waals surface area (Å²) in [7, 11) is 0. The molecule has 0 unspecified atom stereocenters. The van der Waals surface area contributed by atoms with Gasteiger partial charge >= 0.3 is 0 Å². The van der Waals surface area contributed by atoms with Gasteiger partial charge in [0.1, 0.15) is 12.4 Å². The lowest BCUT2D eigenvalue weighted by atomic mass is 10.0. The van der Waals surface area contributed by atoms with Gasteiger partial charge in [0.15, 0.2) is 0 Å². The number of hydrogen-bond donors (Lipinski definition) is 1. The summed E-state index contributed by atoms with van der Waals surface area (Å²) in [4.78, 5) is 28.1. The Morgan fingerprint density at radius 3 is 2.76 bits per heavy atom. The van der Waals surface area contributed by atoms with E-state index in [0.717, 1.165) is 36.3 Å². The van der Waals surface area contributed by atoms with E-state index in [9.17, 15) is 14.0 Å². The van der Waals surface area contributed by atoms with Crippen LogP contribution in [-0.4, -0.2) is 50.8 Å². The quantitative estimate of drug-likeness (QED) is 0.516. The van der Waals surface area contributed by atoms with Crippen molar-refractivity contribution in [2.45, 2.75) is 65.6 Å². The Morgan fingerprint density at radius 1 is 1.21 bits per heavy atom. The molecule has 0 aliphatic carbocycles. The van der Waals surface area contributed by atoms with E-state index in [2.05, 4.69) is 22.2 Å². The molecule has 182 valence electrons. The Kier molecular flexibility index (Phi) is 7.46. The molecule has 1 N–H and O–H groups in total. The molecule has 1 aliphatic rings. The van der Waals surface area contributed by atoms with E-state index in [4.69, 9.17) is 0 Å². The van der Waals surface area contributed by atoms with Crippen molar-refractivity contribution in [1.29, 1.82) is 0 Å². The maximum absolute atomic E-state index is 14.2. The zero-order chi connectivity index (χ0) is 24.2. The van der Waals surface area contributed by atoms with Crippen LogP contribution >= 0.6 is 0 Å². The van der Waals surface area contributed by atoms with Crippen LogP contribution in [0.4, 0.5) is 4.39 Å². The number of carbonyl (C=O) groups excluding carboxylic acids is 1. The molecule has 7 nitrogen and oxygen atoms in total. The van der Waals surface area contributed by atoms with Crippen LogP contribution in [0, 0.1) is 19.7 Å². The van der Waals surface area contributed by atoms with Crippen LogP contribution in [0.2, 0.25) is 0 Å². The summed E-state index contributed by atoms with van der Waals surface area (Å²) in [6.07, 6.45) is 6.29. The number of nitrogens with one attached hydrogen (secondary N) is 1. The lowest BCUT2D eigenvalue weighted by molar-refractivity contribution is -0.121. The maximum atomic E-state index is 14.2. The number of nitrogens with zero attached hydrogens (tertiary/aromatic N) is 4. The van der Waals surface area contributed by atoms with E-state index >= 15 is 0 Å². The first-order valence-corrected chi connectivity index (χ1v) is 12.2. The smallest absolute Gasteiger partial charge is 0.276 e. The molecule has 2 aromatic heterocycles. The predicted molar refractivity (Wildman–Crippen MR) is 131 cm³/mol. The van der Waals surface area contributed by atoms with Crippen molar-refractivity contribution in [2.24, 2.45) is 0 Å². The van der Waals surface area contributed by atoms with Crippen molar-refractivity contribution in [3.8, 4) is 0 Å². The van der Waals surface area contributed by atoms with Gasteiger partial charge in [-0.3, -0.25) is 9.59 Å². The number of halogens is 1. The number of piperidine rings is 1. The Balaban J connectivity index is 1.42. The minimum atomic E-state index is -0.303. The van der Waals surface area contributed by atoms with E-state index < -0.39 is 0 Å². The van der Waals surface area contributed by atoms with Crippen LogP contribution in [0.25, 0.3) is 10.8 Å². The highest BCUT2D eigenvalue weighted by molar-refractivity contribution is 5.87. The first-order valence-electron chi connectivity index (χ1n) is 12.2. The molecule has 1 fully saturated rings. The van der Waals surface area contributed by atoms with Crippen molar-refractivity contribution < 1.29 is 9.18 Å². The van der Waals surface area contributed by atoms with Crippen LogP contribution in [0.5, 0.6) is 0 Å². The highest BCUT2D eigenvalue weighted by Crippen LogP contribution is 2.23. The van der Waals surface area contributed by atoms with Crippen molar-refractivity contribution in [1.82, 2.24) is 24.6 Å². The molecule has 1 amide bonds. The van der Waals surface area contributed by atoms with E-state index in [-0.39, 0.29) is 23.8 Å². The van der Waals surface area contributed by atoms with Gasteiger partial charge in [0.05, 0.1) is 18.1 Å². The standard InChI is InChI=1S/C26H34FN5O2/c1-18-9-6-7-13-30(18)14-8-12-28-24(33)17-32-26(34)25-20(3)31(19(2)22(25)15-29-32)16-21-10-4-5-11-23(21)27/h4-5,10-11,15,18H,6-9,12-14,16-17H2,1-3H3,(H,28,33)/t18-/m1/s1. The first kappa shape index (κ1) is 24.1. The molecule has 4 rings (SSSR count). The van der Waals surface area contributed by atoms with E-state index in [1.54, 1.807) is 24.4 Å². The number of rotatable bonds is 8. The predicted octanol–water partition coefficient (Wildman–Crippen LogP) is 3.38. The van der Waals surface area contributed by atoms with Gasteiger partial charge in [-0.15, -0.1) is 0 Å². The molecule has 3 aromatic rings. The van der Waals surface area contributed by atoms with Gasteiger partial charge in [0.25, 0.3) is 5.56 Å². The van der Waals surface area contributed by atoms with Crippen molar-refractivity contribution in [3.63, 3.8) is 0 Å². The molecular formula is C26H34FN5O2. The van der Waals surface area contributed by atoms with Gasteiger partial charge in [-0.25, -0.2) is 9.07 Å². The fourth-order valence-corrected chi connectivity index (χ4v) is 4.98. The second-order valence-electron chi connectivity index (χ2n) is 9.33. The number of benzene rings is 1. The van der Waals surface area contributed by atoms with Crippen LogP contribution in [0.3, 0.4) is 0 Å². The molecule has 8 heteroatoms. The Hall–Kier alpha value is -3.00. The average molecular weight is 468 g/mol. The van der Waals surface area contributed by atoms with Gasteiger partial charge in [-0.05, 0) is 52.6 Å². The lowest BCUT2D eigenvalue weighted by Crippen LogP contribution is -2.40. The second-order valence-corrected chi connectivity index (χ2v) is 9.33. The lowest BCUT2D eigenvalue weighted by Gasteiger charge is -2.33. The highest BCUT2D eigenvalue weighted by atomic mass is 19.1. The monoisotopic (exact) mass is 467 g/mol. The van der Waals surface area contributed by atoms with Crippen molar-refractivity contribution in [3.05, 3.63) is 63.6 Å². The minimum Gasteiger partial charge on any atom is -0.354 e. The number of hydrogen-bond acceptors (Lipinski definition) is 4. The Labute approximate surface area is 199 Å². The van der Waals surface area contributed by atoms with Gasteiger partial charge in [0, 0.05) is 41.5 Å². The summed E-state index contributed by atoms with van der Waals surface area (Å²) in [5, 5.41) is 8.42. The Bertz CT molecular complexity index is 1230. The molecule has 1 aliphatic heterocycles. The van der Waals surface area contributed by atoms with Crippen LogP contribution in [-0.2, 0) is 17.9 Å². The molecule has 3 heterocycles. The number of aromatic nitrogens is 3. The van der Waals surface area contributed by atoms with Crippen molar-refractivity contribution in [2.75, 3.05) is 19.6 Å². The van der Waals surface area contributed by atoms with Crippen LogP contribution < -0.4 is 10.9 Å². The normalized spacial score (nSPS) is 16.8. The third kappa shape index (κ3) is 5.06. The molecule has 0 bridgehead atoms. The maximum Gasteiger partial charge on any atom is 0.276 e. The van der Waals surface area contributed by atoms with Crippen LogP contribution in [0.1, 0.15) is 49.6 Å². The van der Waals surface area contributed by atoms with Gasteiger partial charge in [-0.1, -0.05) is 24.6 Å². The first-order chi connectivity index (χ1) is 16.4. The molecular weight excluding hydrogens is 433 g/mol. The zero-order valence-electron chi connectivity index (χ0n) is 20.3. The van der Waals surface area contributed by atoms with E-state index in [0.29, 0.717) is 30.1 Å². The summed E-state index contributed by atoms with van der Waals surface area (Å²) in [5.41, 5.74) is 1.85. The van der Waals surface area contributed by atoms with Gasteiger partial charge < -0.3 is 14.8 Å². The summed E-state index contributed by atoms with van der Waals surface area (Å²) >= 11 is 0. The SMILES string of the molecule is Cc1c2cnn(CC(=O)NCCCN3CCCC[C@H]3C)c(=O)c2c(C)n1Cc1ccccc1F. The summed E-state index contributed by atoms with van der Waals surface area (Å²) in [6, 6.07) is 7.24. The minimum absolute atomic E-state index is 0.119. The molecule has 34 heavy (non-hydrogen) atoms. The third-order valence-corrected chi connectivity index (χ3v) is 7.07. The second kappa shape index (κ2) is 10.5. The average Bonchev–Trinajstić information content (AvgIpc) is 3.06. The fourth-order valence-electron chi connectivity index (χ4n) is 4.98. The van der Waals surface area contributed by atoms with E-state index in [1.807, 2.05) is 18.4 Å². The number of likely N-dealkylation sites (tertiary alicyclic amines) is 1. The Morgan fingerprint density at radius 2 is 2.00 bits per heavy atom. The molecule has 0 saturated carbocycles. The molecule has 1 saturated heterocycles. The number of amides is 1. The third-order valence-electron chi connectivity index (χ3n) is 7.07. The molecule has 0 radical (unpaired) electrons. The molecule has 1 aromatic carbocycles. The van der Waals surface area contributed by atoms with Crippen LogP contribution in [0.15, 0.2) is 35.3 Å². The largest absolute Gasteiger partial charge is 0.354 e. The van der Waals surface area contributed by atoms with E-state index in [1.165, 1.54) is 30.0 Å². The fraction of sp³-hybridized carbons (Fsp3) is 0.500. The summed E-state index contributed by atoms with van der Waals surface area (Å²) in [5.74, 6) is -0.498. The summed E-state index contributed by atoms with van der Waals surface area (Å²) in [6.45, 7) is 8.90.